The molecule has 0 saturated carbocycles. The third-order valence-electron chi connectivity index (χ3n) is 3.92. The second kappa shape index (κ2) is 8.68. The molecule has 8 heteroatoms. The Hall–Kier alpha value is -1.08. The van der Waals surface area contributed by atoms with Crippen molar-refractivity contribution in [2.24, 2.45) is 0 Å². The highest BCUT2D eigenvalue weighted by molar-refractivity contribution is 7.12. The number of carbonyl (C=O) groups is 1. The van der Waals surface area contributed by atoms with Crippen LogP contribution in [0.25, 0.3) is 5.13 Å². The smallest absolute Gasteiger partial charge is 0.253 e. The van der Waals surface area contributed by atoms with Crippen LogP contribution in [0.1, 0.15) is 34.6 Å². The van der Waals surface area contributed by atoms with E-state index in [1.807, 2.05) is 29.9 Å². The highest BCUT2D eigenvalue weighted by Crippen LogP contribution is 2.22. The Balaban J connectivity index is 0.00000132. The number of nitrogens with zero attached hydrogens (tertiary/aromatic N) is 2. The Morgan fingerprint density at radius 2 is 2.22 bits per heavy atom. The Morgan fingerprint density at radius 3 is 2.83 bits per heavy atom. The van der Waals surface area contributed by atoms with Crippen molar-refractivity contribution < 1.29 is 4.79 Å². The lowest BCUT2D eigenvalue weighted by Crippen LogP contribution is -2.45. The zero-order chi connectivity index (χ0) is 14.8. The van der Waals surface area contributed by atoms with Gasteiger partial charge in [0.05, 0.1) is 5.56 Å². The lowest BCUT2D eigenvalue weighted by molar-refractivity contribution is 0.0930. The van der Waals surface area contributed by atoms with Gasteiger partial charge in [0.25, 0.3) is 5.91 Å². The quantitative estimate of drug-likeness (QED) is 0.865. The number of thiazole rings is 1. The van der Waals surface area contributed by atoms with Crippen LogP contribution in [0, 0.1) is 13.8 Å². The van der Waals surface area contributed by atoms with E-state index in [1.54, 1.807) is 17.5 Å². The molecule has 1 aliphatic rings. The van der Waals surface area contributed by atoms with E-state index in [-0.39, 0.29) is 36.8 Å². The molecule has 0 aromatic carbocycles. The number of aryl methyl sites for hydroxylation is 1. The Labute approximate surface area is 152 Å². The number of nitrogens with one attached hydrogen (secondary N) is 2. The summed E-state index contributed by atoms with van der Waals surface area (Å²) in [6.45, 7) is 5.89. The molecule has 0 aliphatic carbocycles. The van der Waals surface area contributed by atoms with Crippen molar-refractivity contribution in [1.82, 2.24) is 20.2 Å². The van der Waals surface area contributed by atoms with E-state index in [0.717, 1.165) is 48.0 Å². The predicted octanol–water partition coefficient (Wildman–Crippen LogP) is 2.88. The first-order chi connectivity index (χ1) is 10.2. The second-order valence-electron chi connectivity index (χ2n) is 5.45. The van der Waals surface area contributed by atoms with Gasteiger partial charge in [-0.1, -0.05) is 0 Å². The van der Waals surface area contributed by atoms with Gasteiger partial charge in [0.2, 0.25) is 0 Å². The van der Waals surface area contributed by atoms with Gasteiger partial charge in [-0.05, 0) is 39.3 Å². The van der Waals surface area contributed by atoms with Crippen LogP contribution in [0.2, 0.25) is 0 Å². The van der Waals surface area contributed by atoms with E-state index in [4.69, 9.17) is 0 Å². The van der Waals surface area contributed by atoms with E-state index in [0.29, 0.717) is 0 Å². The molecule has 23 heavy (non-hydrogen) atoms. The summed E-state index contributed by atoms with van der Waals surface area (Å²) in [5.41, 5.74) is 2.73. The van der Waals surface area contributed by atoms with Crippen LogP contribution >= 0.6 is 36.2 Å². The summed E-state index contributed by atoms with van der Waals surface area (Å²) in [6.07, 6.45) is 3.94. The summed E-state index contributed by atoms with van der Waals surface area (Å²) in [7, 11) is 0. The van der Waals surface area contributed by atoms with Crippen molar-refractivity contribution >= 4 is 42.1 Å². The minimum atomic E-state index is 0. The van der Waals surface area contributed by atoms with Crippen LogP contribution in [-0.4, -0.2) is 34.6 Å². The standard InChI is InChI=1S/C15H20N4OS.2ClH/c1-10-8-13(11(2)19(10)15-17-6-7-21-15)14(20)18-12-4-3-5-16-9-12;;/h6-8,12,16H,3-5,9H2,1-2H3,(H,18,20);2*1H. The molecular formula is C15H22Cl2N4OS. The molecule has 1 unspecified atom stereocenters. The second-order valence-corrected chi connectivity index (χ2v) is 6.32. The van der Waals surface area contributed by atoms with Crippen LogP contribution in [0.5, 0.6) is 0 Å². The first-order valence-corrected chi connectivity index (χ1v) is 8.15. The number of amides is 1. The van der Waals surface area contributed by atoms with Gasteiger partial charge in [0.15, 0.2) is 5.13 Å². The monoisotopic (exact) mass is 376 g/mol. The maximum absolute atomic E-state index is 12.5. The topological polar surface area (TPSA) is 59.0 Å². The number of carbonyl (C=O) groups excluding carboxylic acids is 1. The Bertz CT molecular complexity index is 636. The van der Waals surface area contributed by atoms with E-state index >= 15 is 0 Å². The first-order valence-electron chi connectivity index (χ1n) is 7.27. The van der Waals surface area contributed by atoms with Crippen molar-refractivity contribution in [2.45, 2.75) is 32.7 Å². The molecule has 1 fully saturated rings. The number of aromatic nitrogens is 2. The van der Waals surface area contributed by atoms with E-state index in [2.05, 4.69) is 15.6 Å². The number of piperidine rings is 1. The molecule has 0 radical (unpaired) electrons. The zero-order valence-corrected chi connectivity index (χ0v) is 15.6. The van der Waals surface area contributed by atoms with E-state index < -0.39 is 0 Å². The van der Waals surface area contributed by atoms with Crippen LogP contribution in [0.15, 0.2) is 17.6 Å². The molecule has 3 heterocycles. The molecule has 1 saturated heterocycles. The third kappa shape index (κ3) is 4.26. The zero-order valence-electron chi connectivity index (χ0n) is 13.2. The fourth-order valence-corrected chi connectivity index (χ4v) is 3.60. The molecule has 1 amide bonds. The van der Waals surface area contributed by atoms with Gasteiger partial charge in [-0.25, -0.2) is 4.98 Å². The minimum absolute atomic E-state index is 0. The largest absolute Gasteiger partial charge is 0.348 e. The van der Waals surface area contributed by atoms with Gasteiger partial charge in [-0.3, -0.25) is 9.36 Å². The SMILES string of the molecule is Cc1cc(C(=O)NC2CCCNC2)c(C)n1-c1nccs1.Cl.Cl. The van der Waals surface area contributed by atoms with Crippen LogP contribution < -0.4 is 10.6 Å². The highest BCUT2D eigenvalue weighted by Gasteiger charge is 2.21. The van der Waals surface area contributed by atoms with Gasteiger partial charge in [-0.15, -0.1) is 36.2 Å². The normalized spacial score (nSPS) is 17.0. The fourth-order valence-electron chi connectivity index (χ4n) is 2.85. The number of halogens is 2. The number of hydrogen-bond donors (Lipinski definition) is 2. The van der Waals surface area contributed by atoms with Gasteiger partial charge in [0, 0.05) is 35.6 Å². The minimum Gasteiger partial charge on any atom is -0.348 e. The lowest BCUT2D eigenvalue weighted by Gasteiger charge is -2.23. The maximum atomic E-state index is 12.5. The first kappa shape index (κ1) is 20.0. The summed E-state index contributed by atoms with van der Waals surface area (Å²) in [5.74, 6) is 0.0135. The van der Waals surface area contributed by atoms with Gasteiger partial charge in [0.1, 0.15) is 0 Å². The average Bonchev–Trinajstić information content (AvgIpc) is 3.08. The summed E-state index contributed by atoms with van der Waals surface area (Å²) >= 11 is 1.58. The molecule has 3 rings (SSSR count). The molecule has 1 atom stereocenters. The highest BCUT2D eigenvalue weighted by atomic mass is 35.5. The summed E-state index contributed by atoms with van der Waals surface area (Å²) in [4.78, 5) is 16.8. The number of rotatable bonds is 3. The maximum Gasteiger partial charge on any atom is 0.253 e. The summed E-state index contributed by atoms with van der Waals surface area (Å²) < 4.78 is 2.04. The van der Waals surface area contributed by atoms with E-state index in [9.17, 15) is 4.79 Å². The third-order valence-corrected chi connectivity index (χ3v) is 4.68. The summed E-state index contributed by atoms with van der Waals surface area (Å²) in [6, 6.07) is 2.18. The molecule has 1 aliphatic heterocycles. The summed E-state index contributed by atoms with van der Waals surface area (Å²) in [5, 5.41) is 9.30. The average molecular weight is 377 g/mol. The molecule has 0 spiro atoms. The molecule has 128 valence electrons. The molecule has 2 aromatic rings. The van der Waals surface area contributed by atoms with Gasteiger partial charge in [-0.2, -0.15) is 0 Å². The lowest BCUT2D eigenvalue weighted by atomic mass is 10.1. The van der Waals surface area contributed by atoms with Gasteiger partial charge < -0.3 is 10.6 Å². The molecule has 0 bridgehead atoms. The van der Waals surface area contributed by atoms with Crippen molar-refractivity contribution in [3.63, 3.8) is 0 Å². The Morgan fingerprint density at radius 1 is 1.43 bits per heavy atom. The Kier molecular flexibility index (Phi) is 7.54. The molecular weight excluding hydrogens is 355 g/mol. The van der Waals surface area contributed by atoms with Crippen molar-refractivity contribution in [2.75, 3.05) is 13.1 Å². The van der Waals surface area contributed by atoms with Crippen molar-refractivity contribution in [3.05, 3.63) is 34.6 Å². The predicted molar refractivity (Wildman–Crippen MR) is 98.8 cm³/mol. The molecule has 5 nitrogen and oxygen atoms in total. The van der Waals surface area contributed by atoms with E-state index in [1.165, 1.54) is 0 Å². The van der Waals surface area contributed by atoms with Crippen LogP contribution in [0.3, 0.4) is 0 Å². The van der Waals surface area contributed by atoms with Crippen molar-refractivity contribution in [3.8, 4) is 5.13 Å². The molecule has 2 aromatic heterocycles. The van der Waals surface area contributed by atoms with Crippen LogP contribution in [0.4, 0.5) is 0 Å². The van der Waals surface area contributed by atoms with Crippen LogP contribution in [-0.2, 0) is 0 Å². The van der Waals surface area contributed by atoms with Crippen molar-refractivity contribution in [1.29, 1.82) is 0 Å². The van der Waals surface area contributed by atoms with Gasteiger partial charge >= 0.3 is 0 Å². The number of hydrogen-bond acceptors (Lipinski definition) is 4. The fraction of sp³-hybridized carbons (Fsp3) is 0.467. The molecule has 2 N–H and O–H groups in total.